The van der Waals surface area contributed by atoms with E-state index in [-0.39, 0.29) is 12.0 Å². The zero-order valence-electron chi connectivity index (χ0n) is 10.7. The van der Waals surface area contributed by atoms with Crippen molar-refractivity contribution in [3.8, 4) is 0 Å². The monoisotopic (exact) mass is 359 g/mol. The first-order chi connectivity index (χ1) is 8.59. The normalized spacial score (nSPS) is 23.1. The minimum absolute atomic E-state index is 0.0159. The van der Waals surface area contributed by atoms with Gasteiger partial charge < -0.3 is 10.1 Å². The molecule has 1 N–H and O–H groups in total. The highest BCUT2D eigenvalue weighted by molar-refractivity contribution is 14.1. The van der Waals surface area contributed by atoms with Crippen molar-refractivity contribution >= 4 is 28.5 Å². The lowest BCUT2D eigenvalue weighted by atomic mass is 10.0. The van der Waals surface area contributed by atoms with E-state index in [1.165, 1.54) is 0 Å². The summed E-state index contributed by atoms with van der Waals surface area (Å²) in [5.41, 5.74) is 1.91. The molecule has 1 saturated heterocycles. The first-order valence-corrected chi connectivity index (χ1v) is 7.32. The molecule has 0 radical (unpaired) electrons. The maximum absolute atomic E-state index is 12.1. The fourth-order valence-electron chi connectivity index (χ4n) is 2.19. The molecule has 1 fully saturated rings. The van der Waals surface area contributed by atoms with Crippen molar-refractivity contribution in [3.05, 3.63) is 32.9 Å². The fourth-order valence-corrected chi connectivity index (χ4v) is 2.79. The Labute approximate surface area is 121 Å². The van der Waals surface area contributed by atoms with Crippen LogP contribution in [0.2, 0.25) is 0 Å². The van der Waals surface area contributed by atoms with Crippen LogP contribution in [0.3, 0.4) is 0 Å². The number of nitrogens with one attached hydrogen (secondary N) is 1. The van der Waals surface area contributed by atoms with E-state index in [2.05, 4.69) is 34.8 Å². The van der Waals surface area contributed by atoms with E-state index >= 15 is 0 Å². The van der Waals surface area contributed by atoms with Crippen molar-refractivity contribution in [2.45, 2.75) is 26.4 Å². The van der Waals surface area contributed by atoms with Crippen LogP contribution < -0.4 is 5.32 Å². The van der Waals surface area contributed by atoms with Gasteiger partial charge in [0.15, 0.2) is 0 Å². The Morgan fingerprint density at radius 1 is 1.56 bits per heavy atom. The van der Waals surface area contributed by atoms with Crippen LogP contribution in [0.15, 0.2) is 18.2 Å². The van der Waals surface area contributed by atoms with Gasteiger partial charge >= 0.3 is 0 Å². The molecule has 0 saturated carbocycles. The van der Waals surface area contributed by atoms with Crippen LogP contribution in [0.1, 0.15) is 29.3 Å². The number of ether oxygens (including phenoxy) is 1. The number of carbonyl (C=O) groups excluding carboxylic acids is 1. The van der Waals surface area contributed by atoms with E-state index in [0.717, 1.165) is 27.7 Å². The molecule has 1 aliphatic heterocycles. The minimum atomic E-state index is 0.0159. The molecule has 2 rings (SSSR count). The zero-order valence-corrected chi connectivity index (χ0v) is 12.9. The van der Waals surface area contributed by atoms with Gasteiger partial charge in [0.1, 0.15) is 0 Å². The van der Waals surface area contributed by atoms with Crippen molar-refractivity contribution in [3.63, 3.8) is 0 Å². The van der Waals surface area contributed by atoms with Crippen molar-refractivity contribution in [2.24, 2.45) is 5.92 Å². The lowest BCUT2D eigenvalue weighted by molar-refractivity contribution is 0.0906. The van der Waals surface area contributed by atoms with Gasteiger partial charge in [0.25, 0.3) is 5.91 Å². The van der Waals surface area contributed by atoms with Crippen molar-refractivity contribution in [1.82, 2.24) is 5.32 Å². The Morgan fingerprint density at radius 3 is 3.00 bits per heavy atom. The quantitative estimate of drug-likeness (QED) is 0.843. The average Bonchev–Trinajstić information content (AvgIpc) is 2.75. The summed E-state index contributed by atoms with van der Waals surface area (Å²) in [7, 11) is 0. The molecule has 0 bridgehead atoms. The Balaban J connectivity index is 1.97. The van der Waals surface area contributed by atoms with Gasteiger partial charge in [0.05, 0.1) is 11.7 Å². The largest absolute Gasteiger partial charge is 0.378 e. The minimum Gasteiger partial charge on any atom is -0.378 e. The van der Waals surface area contributed by atoms with Crippen LogP contribution in [0.25, 0.3) is 0 Å². The highest BCUT2D eigenvalue weighted by atomic mass is 127. The van der Waals surface area contributed by atoms with Gasteiger partial charge in [-0.25, -0.2) is 0 Å². The first-order valence-electron chi connectivity index (χ1n) is 6.24. The van der Waals surface area contributed by atoms with Crippen LogP contribution in [0, 0.1) is 16.4 Å². The lowest BCUT2D eigenvalue weighted by Gasteiger charge is -2.15. The first kappa shape index (κ1) is 13.8. The molecule has 2 unspecified atom stereocenters. The Hall–Kier alpha value is -0.620. The van der Waals surface area contributed by atoms with Gasteiger partial charge in [-0.1, -0.05) is 12.1 Å². The average molecular weight is 359 g/mol. The van der Waals surface area contributed by atoms with Crippen LogP contribution >= 0.6 is 22.6 Å². The van der Waals surface area contributed by atoms with Crippen molar-refractivity contribution in [2.75, 3.05) is 13.2 Å². The van der Waals surface area contributed by atoms with Gasteiger partial charge in [-0.3, -0.25) is 4.79 Å². The van der Waals surface area contributed by atoms with E-state index < -0.39 is 0 Å². The number of hydrogen-bond donors (Lipinski definition) is 1. The highest BCUT2D eigenvalue weighted by Crippen LogP contribution is 2.20. The molecule has 1 amide bonds. The molecule has 2 atom stereocenters. The Morgan fingerprint density at radius 2 is 2.33 bits per heavy atom. The third-order valence-electron chi connectivity index (χ3n) is 3.49. The molecule has 1 aromatic carbocycles. The Kier molecular flexibility index (Phi) is 4.61. The summed E-state index contributed by atoms with van der Waals surface area (Å²) in [6.07, 6.45) is 1.29. The number of aryl methyl sites for hydroxylation is 1. The molecule has 3 nitrogen and oxygen atoms in total. The van der Waals surface area contributed by atoms with Crippen molar-refractivity contribution < 1.29 is 9.53 Å². The zero-order chi connectivity index (χ0) is 13.1. The molecule has 0 spiro atoms. The summed E-state index contributed by atoms with van der Waals surface area (Å²) in [6.45, 7) is 5.60. The van der Waals surface area contributed by atoms with Gasteiger partial charge in [-0.05, 0) is 54.5 Å². The standard InChI is InChI=1S/C14H18INO2/c1-9-4-3-5-12(13(9)15)14(17)16-8-11-6-7-18-10(11)2/h3-5,10-11H,6-8H2,1-2H3,(H,16,17). The smallest absolute Gasteiger partial charge is 0.252 e. The highest BCUT2D eigenvalue weighted by Gasteiger charge is 2.24. The summed E-state index contributed by atoms with van der Waals surface area (Å²) >= 11 is 2.23. The van der Waals surface area contributed by atoms with Crippen LogP contribution in [-0.2, 0) is 4.74 Å². The van der Waals surface area contributed by atoms with E-state index in [1.807, 2.05) is 25.1 Å². The number of rotatable bonds is 3. The van der Waals surface area contributed by atoms with Crippen LogP contribution in [0.5, 0.6) is 0 Å². The molecule has 4 heteroatoms. The van der Waals surface area contributed by atoms with E-state index in [4.69, 9.17) is 4.74 Å². The molecular weight excluding hydrogens is 341 g/mol. The third kappa shape index (κ3) is 3.03. The van der Waals surface area contributed by atoms with Gasteiger partial charge in [-0.15, -0.1) is 0 Å². The second kappa shape index (κ2) is 6.02. The van der Waals surface area contributed by atoms with E-state index in [0.29, 0.717) is 12.5 Å². The second-order valence-corrected chi connectivity index (χ2v) is 5.85. The van der Waals surface area contributed by atoms with Crippen LogP contribution in [0.4, 0.5) is 0 Å². The molecule has 1 heterocycles. The van der Waals surface area contributed by atoms with E-state index in [9.17, 15) is 4.79 Å². The summed E-state index contributed by atoms with van der Waals surface area (Å²) in [4.78, 5) is 12.1. The molecule has 0 aliphatic carbocycles. The molecule has 0 aromatic heterocycles. The predicted octanol–water partition coefficient (Wildman–Crippen LogP) is 2.75. The van der Waals surface area contributed by atoms with Gasteiger partial charge in [0, 0.05) is 22.6 Å². The predicted molar refractivity (Wildman–Crippen MR) is 79.8 cm³/mol. The summed E-state index contributed by atoms with van der Waals surface area (Å²) in [5.74, 6) is 0.457. The van der Waals surface area contributed by atoms with Gasteiger partial charge in [-0.2, -0.15) is 0 Å². The molecule has 1 aromatic rings. The summed E-state index contributed by atoms with van der Waals surface area (Å²) < 4.78 is 6.52. The molecular formula is C14H18INO2. The van der Waals surface area contributed by atoms with Crippen LogP contribution in [-0.4, -0.2) is 25.2 Å². The molecule has 18 heavy (non-hydrogen) atoms. The van der Waals surface area contributed by atoms with E-state index in [1.54, 1.807) is 0 Å². The maximum Gasteiger partial charge on any atom is 0.252 e. The SMILES string of the molecule is Cc1cccc(C(=O)NCC2CCOC2C)c1I. The number of benzene rings is 1. The topological polar surface area (TPSA) is 38.3 Å². The van der Waals surface area contributed by atoms with Gasteiger partial charge in [0.2, 0.25) is 0 Å². The second-order valence-electron chi connectivity index (χ2n) is 4.77. The summed E-state index contributed by atoms with van der Waals surface area (Å²) in [5, 5.41) is 3.02. The van der Waals surface area contributed by atoms with Crippen molar-refractivity contribution in [1.29, 1.82) is 0 Å². The number of amides is 1. The summed E-state index contributed by atoms with van der Waals surface area (Å²) in [6, 6.07) is 5.82. The number of hydrogen-bond acceptors (Lipinski definition) is 2. The maximum atomic E-state index is 12.1. The number of halogens is 1. The molecule has 98 valence electrons. The fraction of sp³-hybridized carbons (Fsp3) is 0.500. The number of carbonyl (C=O) groups is 1. The Bertz CT molecular complexity index is 447. The third-order valence-corrected chi connectivity index (χ3v) is 4.93. The lowest BCUT2D eigenvalue weighted by Crippen LogP contribution is -2.32. The molecule has 1 aliphatic rings.